The van der Waals surface area contributed by atoms with Crippen LogP contribution in [0.4, 0.5) is 5.69 Å². The van der Waals surface area contributed by atoms with Gasteiger partial charge in [-0.15, -0.1) is 11.3 Å². The summed E-state index contributed by atoms with van der Waals surface area (Å²) in [6, 6.07) is 38.7. The van der Waals surface area contributed by atoms with Crippen LogP contribution in [-0.2, 0) is 0 Å². The second-order valence-corrected chi connectivity index (χ2v) is 9.47. The molecule has 0 unspecified atom stereocenters. The van der Waals surface area contributed by atoms with Crippen LogP contribution in [0.1, 0.15) is 0 Å². The predicted octanol–water partition coefficient (Wildman–Crippen LogP) is 8.40. The van der Waals surface area contributed by atoms with Gasteiger partial charge in [0.25, 0.3) is 0 Å². The predicted molar refractivity (Wildman–Crippen MR) is 144 cm³/mol. The smallest absolute Gasteiger partial charge is 0.0561 e. The maximum absolute atomic E-state index is 6.74. The van der Waals surface area contributed by atoms with Crippen LogP contribution in [0.5, 0.6) is 0 Å². The summed E-state index contributed by atoms with van der Waals surface area (Å²) in [6.45, 7) is 0. The molecule has 33 heavy (non-hydrogen) atoms. The van der Waals surface area contributed by atoms with Crippen molar-refractivity contribution in [2.24, 2.45) is 0 Å². The van der Waals surface area contributed by atoms with Crippen LogP contribution >= 0.6 is 11.3 Å². The van der Waals surface area contributed by atoms with E-state index in [-0.39, 0.29) is 0 Å². The topological polar surface area (TPSA) is 30.9 Å². The Bertz CT molecular complexity index is 1780. The van der Waals surface area contributed by atoms with Crippen molar-refractivity contribution in [3.63, 3.8) is 0 Å². The molecule has 0 spiro atoms. The molecular weight excluding hydrogens is 420 g/mol. The Balaban J connectivity index is 1.65. The van der Waals surface area contributed by atoms with Crippen LogP contribution < -0.4 is 5.73 Å². The third kappa shape index (κ3) is 2.60. The van der Waals surface area contributed by atoms with Crippen LogP contribution in [0.25, 0.3) is 58.8 Å². The van der Waals surface area contributed by atoms with Crippen molar-refractivity contribution in [2.45, 2.75) is 0 Å². The van der Waals surface area contributed by atoms with Gasteiger partial charge in [0.2, 0.25) is 0 Å². The summed E-state index contributed by atoms with van der Waals surface area (Å²) in [5.74, 6) is 0. The molecule has 7 rings (SSSR count). The SMILES string of the molecule is Nc1cccc(-n2c3ccccc3c3ccccc32)c1-c1cccc2sc3ccccc3c12. The van der Waals surface area contributed by atoms with Gasteiger partial charge in [0.15, 0.2) is 0 Å². The Kier molecular flexibility index (Phi) is 3.90. The molecule has 0 aliphatic rings. The van der Waals surface area contributed by atoms with Crippen molar-refractivity contribution in [1.29, 1.82) is 0 Å². The lowest BCUT2D eigenvalue weighted by molar-refractivity contribution is 1.18. The van der Waals surface area contributed by atoms with E-state index in [1.165, 1.54) is 47.5 Å². The summed E-state index contributed by atoms with van der Waals surface area (Å²) in [6.07, 6.45) is 0. The van der Waals surface area contributed by atoms with E-state index in [4.69, 9.17) is 5.73 Å². The minimum absolute atomic E-state index is 0.789. The van der Waals surface area contributed by atoms with Gasteiger partial charge in [0.05, 0.1) is 16.7 Å². The fraction of sp³-hybridized carbons (Fsp3) is 0. The second-order valence-electron chi connectivity index (χ2n) is 8.39. The summed E-state index contributed by atoms with van der Waals surface area (Å²) in [5.41, 5.74) is 13.3. The lowest BCUT2D eigenvalue weighted by Gasteiger charge is -2.17. The van der Waals surface area contributed by atoms with E-state index in [0.29, 0.717) is 0 Å². The van der Waals surface area contributed by atoms with Gasteiger partial charge in [-0.1, -0.05) is 72.8 Å². The molecule has 7 aromatic rings. The third-order valence-corrected chi connectivity index (χ3v) is 7.70. The minimum atomic E-state index is 0.789. The third-order valence-electron chi connectivity index (χ3n) is 6.57. The fourth-order valence-corrected chi connectivity index (χ4v) is 6.33. The standard InChI is InChI=1S/C30H20N2S/c31-23-13-8-16-26(32-24-14-4-1-9-19(24)20-10-2-5-15-25(20)32)30(23)22-12-7-18-28-29(22)21-11-3-6-17-27(21)33-28/h1-18H,31H2. The molecule has 0 atom stereocenters. The fourth-order valence-electron chi connectivity index (χ4n) is 5.20. The number of para-hydroxylation sites is 2. The van der Waals surface area contributed by atoms with Gasteiger partial charge in [-0.3, -0.25) is 0 Å². The molecule has 156 valence electrons. The van der Waals surface area contributed by atoms with Crippen molar-refractivity contribution in [3.8, 4) is 16.8 Å². The average molecular weight is 441 g/mol. The molecule has 0 amide bonds. The Morgan fingerprint density at radius 2 is 1.15 bits per heavy atom. The maximum Gasteiger partial charge on any atom is 0.0561 e. The summed E-state index contributed by atoms with van der Waals surface area (Å²) >= 11 is 1.84. The molecule has 2 N–H and O–H groups in total. The van der Waals surface area contributed by atoms with Crippen molar-refractivity contribution in [1.82, 2.24) is 4.57 Å². The number of anilines is 1. The first-order chi connectivity index (χ1) is 16.3. The molecule has 2 aromatic heterocycles. The Hall–Kier alpha value is -4.08. The number of hydrogen-bond donors (Lipinski definition) is 1. The van der Waals surface area contributed by atoms with Gasteiger partial charge in [0, 0.05) is 42.2 Å². The number of thiophene rings is 1. The molecule has 0 bridgehead atoms. The van der Waals surface area contributed by atoms with Crippen LogP contribution in [0, 0.1) is 0 Å². The number of nitrogens with two attached hydrogens (primary N) is 1. The number of rotatable bonds is 2. The first-order valence-corrected chi connectivity index (χ1v) is 11.9. The first-order valence-electron chi connectivity index (χ1n) is 11.1. The van der Waals surface area contributed by atoms with Crippen LogP contribution in [0.15, 0.2) is 109 Å². The van der Waals surface area contributed by atoms with E-state index in [9.17, 15) is 0 Å². The number of nitrogen functional groups attached to an aromatic ring is 1. The minimum Gasteiger partial charge on any atom is -0.398 e. The number of fused-ring (bicyclic) bond motifs is 6. The van der Waals surface area contributed by atoms with E-state index in [1.54, 1.807) is 0 Å². The van der Waals surface area contributed by atoms with E-state index < -0.39 is 0 Å². The molecule has 2 heterocycles. The molecule has 0 saturated heterocycles. The largest absolute Gasteiger partial charge is 0.398 e. The van der Waals surface area contributed by atoms with Crippen molar-refractivity contribution in [2.75, 3.05) is 5.73 Å². The summed E-state index contributed by atoms with van der Waals surface area (Å²) in [7, 11) is 0. The average Bonchev–Trinajstić information content (AvgIpc) is 3.40. The number of nitrogens with zero attached hydrogens (tertiary/aromatic N) is 1. The van der Waals surface area contributed by atoms with Gasteiger partial charge in [0.1, 0.15) is 0 Å². The normalized spacial score (nSPS) is 11.8. The Morgan fingerprint density at radius 1 is 0.545 bits per heavy atom. The molecule has 0 radical (unpaired) electrons. The van der Waals surface area contributed by atoms with E-state index in [0.717, 1.165) is 16.9 Å². The number of hydrogen-bond acceptors (Lipinski definition) is 2. The van der Waals surface area contributed by atoms with Crippen LogP contribution in [0.2, 0.25) is 0 Å². The quantitative estimate of drug-likeness (QED) is 0.269. The molecule has 3 heteroatoms. The highest BCUT2D eigenvalue weighted by molar-refractivity contribution is 7.25. The van der Waals surface area contributed by atoms with Gasteiger partial charge >= 0.3 is 0 Å². The molecule has 0 fully saturated rings. The lowest BCUT2D eigenvalue weighted by atomic mass is 9.96. The Morgan fingerprint density at radius 3 is 1.91 bits per heavy atom. The summed E-state index contributed by atoms with van der Waals surface area (Å²) < 4.78 is 4.95. The number of aromatic nitrogens is 1. The monoisotopic (exact) mass is 440 g/mol. The highest BCUT2D eigenvalue weighted by Crippen LogP contribution is 2.44. The zero-order chi connectivity index (χ0) is 21.9. The van der Waals surface area contributed by atoms with Crippen LogP contribution in [0.3, 0.4) is 0 Å². The maximum atomic E-state index is 6.74. The second kappa shape index (κ2) is 6.96. The van der Waals surface area contributed by atoms with E-state index in [2.05, 4.69) is 108 Å². The van der Waals surface area contributed by atoms with E-state index >= 15 is 0 Å². The molecule has 5 aromatic carbocycles. The highest BCUT2D eigenvalue weighted by atomic mass is 32.1. The van der Waals surface area contributed by atoms with Gasteiger partial charge in [-0.25, -0.2) is 0 Å². The zero-order valence-corrected chi connectivity index (χ0v) is 18.6. The van der Waals surface area contributed by atoms with E-state index in [1.807, 2.05) is 17.4 Å². The van der Waals surface area contributed by atoms with Gasteiger partial charge in [-0.2, -0.15) is 0 Å². The molecule has 0 aliphatic carbocycles. The molecule has 2 nitrogen and oxygen atoms in total. The molecule has 0 saturated carbocycles. The van der Waals surface area contributed by atoms with Gasteiger partial charge < -0.3 is 10.3 Å². The highest BCUT2D eigenvalue weighted by Gasteiger charge is 2.19. The zero-order valence-electron chi connectivity index (χ0n) is 17.8. The number of benzene rings is 5. The molecule has 0 aliphatic heterocycles. The van der Waals surface area contributed by atoms with Crippen molar-refractivity contribution in [3.05, 3.63) is 109 Å². The molecular formula is C30H20N2S. The van der Waals surface area contributed by atoms with Crippen molar-refractivity contribution >= 4 is 59.0 Å². The lowest BCUT2D eigenvalue weighted by Crippen LogP contribution is -2.00. The van der Waals surface area contributed by atoms with Crippen molar-refractivity contribution < 1.29 is 0 Å². The van der Waals surface area contributed by atoms with Crippen LogP contribution in [-0.4, -0.2) is 4.57 Å². The summed E-state index contributed by atoms with van der Waals surface area (Å²) in [5, 5.41) is 5.06. The Labute approximate surface area is 195 Å². The first kappa shape index (κ1) is 18.5. The van der Waals surface area contributed by atoms with Gasteiger partial charge in [-0.05, 0) is 42.0 Å². The summed E-state index contributed by atoms with van der Waals surface area (Å²) in [4.78, 5) is 0.